The average molecular weight is 436 g/mol. The van der Waals surface area contributed by atoms with Gasteiger partial charge in [0.05, 0.1) is 17.8 Å². The van der Waals surface area contributed by atoms with Crippen LogP contribution in [0, 0.1) is 18.3 Å². The van der Waals surface area contributed by atoms with Crippen molar-refractivity contribution in [1.82, 2.24) is 9.36 Å². The van der Waals surface area contributed by atoms with Crippen LogP contribution in [0.25, 0.3) is 0 Å². The maximum absolute atomic E-state index is 9.63. The molecule has 0 aliphatic rings. The van der Waals surface area contributed by atoms with E-state index in [-0.39, 0.29) is 13.1 Å². The molecule has 0 saturated carbocycles. The molecule has 0 fully saturated rings. The first-order chi connectivity index (χ1) is 13.8. The summed E-state index contributed by atoms with van der Waals surface area (Å²) in [6, 6.07) is 4.00. The molecule has 2 aromatic heterocycles. The normalized spacial score (nSPS) is 13.3. The number of anilines is 2. The van der Waals surface area contributed by atoms with Gasteiger partial charge >= 0.3 is 0 Å². The van der Waals surface area contributed by atoms with E-state index in [1.54, 1.807) is 32.5 Å². The van der Waals surface area contributed by atoms with Gasteiger partial charge in [-0.2, -0.15) is 9.64 Å². The van der Waals surface area contributed by atoms with E-state index in [1.165, 1.54) is 11.5 Å². The lowest BCUT2D eigenvalue weighted by Gasteiger charge is -2.16. The zero-order valence-corrected chi connectivity index (χ0v) is 18.4. The second kappa shape index (κ2) is 11.1. The van der Waals surface area contributed by atoms with E-state index in [1.807, 2.05) is 6.07 Å². The first kappa shape index (κ1) is 23.0. The lowest BCUT2D eigenvalue weighted by atomic mass is 10.1. The summed E-state index contributed by atoms with van der Waals surface area (Å²) in [5.41, 5.74) is 1.34. The molecule has 29 heavy (non-hydrogen) atoms. The number of aromatic nitrogens is 2. The minimum atomic E-state index is -0.599. The van der Waals surface area contributed by atoms with Gasteiger partial charge in [0, 0.05) is 24.7 Å². The van der Waals surface area contributed by atoms with E-state index >= 15 is 0 Å². The molecule has 0 aromatic carbocycles. The number of rotatable bonds is 10. The van der Waals surface area contributed by atoms with Gasteiger partial charge in [-0.25, -0.2) is 4.98 Å². The molecule has 9 nitrogen and oxygen atoms in total. The number of aliphatic hydroxyl groups excluding tert-OH is 2. The number of nitriles is 1. The molecule has 0 aliphatic heterocycles. The zero-order chi connectivity index (χ0) is 21.4. The smallest absolute Gasteiger partial charge is 0.159 e. The Morgan fingerprint density at radius 1 is 1.21 bits per heavy atom. The third kappa shape index (κ3) is 6.64. The van der Waals surface area contributed by atoms with Crippen LogP contribution >= 0.6 is 23.3 Å². The van der Waals surface area contributed by atoms with Crippen molar-refractivity contribution in [2.24, 2.45) is 10.2 Å². The SMILES string of the molecule is CCSc1cc(N=Nc2c(NCC(C)O)nc(NCC(C)O)c(C#N)c2C)sn1. The molecule has 11 heteroatoms. The Morgan fingerprint density at radius 3 is 2.45 bits per heavy atom. The lowest BCUT2D eigenvalue weighted by Crippen LogP contribution is -2.19. The summed E-state index contributed by atoms with van der Waals surface area (Å²) in [6.07, 6.45) is -1.19. The molecule has 2 atom stereocenters. The third-order valence-electron chi connectivity index (χ3n) is 3.67. The van der Waals surface area contributed by atoms with Crippen molar-refractivity contribution >= 4 is 45.6 Å². The molecule has 156 valence electrons. The molecule has 0 saturated heterocycles. The molecule has 2 heterocycles. The van der Waals surface area contributed by atoms with Crippen LogP contribution in [0.3, 0.4) is 0 Å². The fourth-order valence-electron chi connectivity index (χ4n) is 2.31. The molecule has 0 bridgehead atoms. The van der Waals surface area contributed by atoms with E-state index in [0.717, 1.165) is 10.8 Å². The number of nitrogens with one attached hydrogen (secondary N) is 2. The maximum atomic E-state index is 9.63. The molecule has 2 aromatic rings. The largest absolute Gasteiger partial charge is 0.392 e. The lowest BCUT2D eigenvalue weighted by molar-refractivity contribution is 0.208. The van der Waals surface area contributed by atoms with E-state index in [4.69, 9.17) is 0 Å². The summed E-state index contributed by atoms with van der Waals surface area (Å²) in [4.78, 5) is 4.46. The summed E-state index contributed by atoms with van der Waals surface area (Å²) in [6.45, 7) is 7.62. The monoisotopic (exact) mass is 435 g/mol. The average Bonchev–Trinajstić information content (AvgIpc) is 3.11. The molecular formula is C18H25N7O2S2. The molecule has 4 N–H and O–H groups in total. The van der Waals surface area contributed by atoms with Crippen molar-refractivity contribution in [3.8, 4) is 6.07 Å². The molecule has 0 amide bonds. The Balaban J connectivity index is 2.43. The Morgan fingerprint density at radius 2 is 1.86 bits per heavy atom. The maximum Gasteiger partial charge on any atom is 0.159 e. The molecule has 0 aliphatic carbocycles. The van der Waals surface area contributed by atoms with Crippen molar-refractivity contribution in [3.63, 3.8) is 0 Å². The Labute approximate surface area is 178 Å². The highest BCUT2D eigenvalue weighted by molar-refractivity contribution is 7.99. The first-order valence-electron chi connectivity index (χ1n) is 9.15. The number of aliphatic hydroxyl groups is 2. The second-order valence-electron chi connectivity index (χ2n) is 6.37. The van der Waals surface area contributed by atoms with E-state index in [0.29, 0.717) is 33.5 Å². The third-order valence-corrected chi connectivity index (χ3v) is 5.26. The quantitative estimate of drug-likeness (QED) is 0.326. The number of pyridine rings is 1. The Kier molecular flexibility index (Phi) is 8.78. The number of hydrogen-bond donors (Lipinski definition) is 4. The Bertz CT molecular complexity index is 891. The topological polar surface area (TPSA) is 139 Å². The zero-order valence-electron chi connectivity index (χ0n) is 16.8. The van der Waals surface area contributed by atoms with Crippen LogP contribution in [-0.2, 0) is 0 Å². The van der Waals surface area contributed by atoms with Crippen LogP contribution in [-0.4, -0.2) is 50.6 Å². The Hall–Kier alpha value is -2.26. The predicted molar refractivity (Wildman–Crippen MR) is 117 cm³/mol. The van der Waals surface area contributed by atoms with E-state index in [9.17, 15) is 15.5 Å². The van der Waals surface area contributed by atoms with Crippen molar-refractivity contribution in [2.45, 2.75) is 44.9 Å². The summed E-state index contributed by atoms with van der Waals surface area (Å²) in [5, 5.41) is 44.9. The molecule has 2 rings (SSSR count). The van der Waals surface area contributed by atoms with Crippen LogP contribution in [0.4, 0.5) is 22.3 Å². The minimum Gasteiger partial charge on any atom is -0.392 e. The highest BCUT2D eigenvalue weighted by Gasteiger charge is 2.18. The molecule has 0 spiro atoms. The summed E-state index contributed by atoms with van der Waals surface area (Å²) in [7, 11) is 0. The summed E-state index contributed by atoms with van der Waals surface area (Å²) in [5.74, 6) is 1.66. The fourth-order valence-corrected chi connectivity index (χ4v) is 3.67. The van der Waals surface area contributed by atoms with Gasteiger partial charge < -0.3 is 20.8 Å². The van der Waals surface area contributed by atoms with Crippen LogP contribution in [0.5, 0.6) is 0 Å². The van der Waals surface area contributed by atoms with Crippen molar-refractivity contribution in [1.29, 1.82) is 5.26 Å². The highest BCUT2D eigenvalue weighted by atomic mass is 32.2. The van der Waals surface area contributed by atoms with Crippen molar-refractivity contribution < 1.29 is 10.2 Å². The van der Waals surface area contributed by atoms with Gasteiger partial charge in [0.15, 0.2) is 10.8 Å². The second-order valence-corrected chi connectivity index (χ2v) is 8.43. The number of azo groups is 1. The van der Waals surface area contributed by atoms with Crippen LogP contribution in [0.15, 0.2) is 21.3 Å². The van der Waals surface area contributed by atoms with Gasteiger partial charge in [0.2, 0.25) is 0 Å². The van der Waals surface area contributed by atoms with Crippen molar-refractivity contribution in [2.75, 3.05) is 29.5 Å². The van der Waals surface area contributed by atoms with Gasteiger partial charge in [-0.15, -0.1) is 22.0 Å². The molecule has 2 unspecified atom stereocenters. The predicted octanol–water partition coefficient (Wildman–Crippen LogP) is 3.83. The van der Waals surface area contributed by atoms with Crippen LogP contribution < -0.4 is 10.6 Å². The van der Waals surface area contributed by atoms with Gasteiger partial charge in [-0.1, -0.05) is 6.92 Å². The van der Waals surface area contributed by atoms with Gasteiger partial charge in [0.25, 0.3) is 0 Å². The highest BCUT2D eigenvalue weighted by Crippen LogP contribution is 2.36. The number of thioether (sulfide) groups is 1. The van der Waals surface area contributed by atoms with Crippen molar-refractivity contribution in [3.05, 3.63) is 17.2 Å². The van der Waals surface area contributed by atoms with E-state index in [2.05, 4.69) is 43.2 Å². The molecular weight excluding hydrogens is 410 g/mol. The minimum absolute atomic E-state index is 0.247. The fraction of sp³-hybridized carbons (Fsp3) is 0.500. The van der Waals surface area contributed by atoms with Gasteiger partial charge in [-0.05, 0) is 38.1 Å². The first-order valence-corrected chi connectivity index (χ1v) is 10.9. The standard InChI is InChI=1S/C18H25N7O2S2/c1-5-28-15-6-14(29-25-15)23-24-16-12(4)13(7-19)17(20-8-10(2)26)22-18(16)21-9-11(3)27/h6,10-11,26-27H,5,8-9H2,1-4H3,(H2,20,21,22). The van der Waals surface area contributed by atoms with Gasteiger partial charge in [-0.3, -0.25) is 0 Å². The number of nitrogens with zero attached hydrogens (tertiary/aromatic N) is 5. The van der Waals surface area contributed by atoms with E-state index < -0.39 is 12.2 Å². The number of hydrogen-bond acceptors (Lipinski definition) is 11. The summed E-state index contributed by atoms with van der Waals surface area (Å²) < 4.78 is 4.31. The van der Waals surface area contributed by atoms with Crippen LogP contribution in [0.2, 0.25) is 0 Å². The molecule has 0 radical (unpaired) electrons. The van der Waals surface area contributed by atoms with Gasteiger partial charge in [0.1, 0.15) is 22.6 Å². The van der Waals surface area contributed by atoms with Crippen LogP contribution in [0.1, 0.15) is 31.9 Å². The summed E-state index contributed by atoms with van der Waals surface area (Å²) >= 11 is 2.87.